The maximum Gasteiger partial charge on any atom is 0.270 e. The summed E-state index contributed by atoms with van der Waals surface area (Å²) in [7, 11) is 0. The molecule has 1 aromatic rings. The number of non-ortho nitro benzene ring substituents is 1. The van der Waals surface area contributed by atoms with E-state index in [0.29, 0.717) is 12.5 Å². The Kier molecular flexibility index (Phi) is 4.98. The molecule has 0 radical (unpaired) electrons. The number of benzene rings is 1. The third-order valence-corrected chi connectivity index (χ3v) is 4.62. The molecule has 1 aliphatic rings. The number of hydrogen-bond donors (Lipinski definition) is 2. The highest BCUT2D eigenvalue weighted by molar-refractivity contribution is 14.1. The molecule has 5 nitrogen and oxygen atoms in total. The molecule has 104 valence electrons. The van der Waals surface area contributed by atoms with E-state index in [9.17, 15) is 10.1 Å². The molecular weight excluding hydrogens is 357 g/mol. The van der Waals surface area contributed by atoms with E-state index < -0.39 is 0 Å². The molecule has 0 spiro atoms. The van der Waals surface area contributed by atoms with Crippen molar-refractivity contribution in [3.05, 3.63) is 31.9 Å². The molecule has 1 aliphatic carbocycles. The molecule has 3 N–H and O–H groups in total. The SMILES string of the molecule is NCC(Nc1ccc([N+](=O)[O-])cc1I)C1CCCC1. The number of nitro benzene ring substituents is 1. The molecule has 0 bridgehead atoms. The predicted molar refractivity (Wildman–Crippen MR) is 84.2 cm³/mol. The van der Waals surface area contributed by atoms with Gasteiger partial charge in [-0.2, -0.15) is 0 Å². The van der Waals surface area contributed by atoms with Crippen molar-refractivity contribution in [3.63, 3.8) is 0 Å². The number of nitrogens with one attached hydrogen (secondary N) is 1. The number of nitrogens with two attached hydrogens (primary N) is 1. The monoisotopic (exact) mass is 375 g/mol. The van der Waals surface area contributed by atoms with Crippen LogP contribution in [-0.2, 0) is 0 Å². The molecule has 1 aromatic carbocycles. The van der Waals surface area contributed by atoms with E-state index in [4.69, 9.17) is 5.73 Å². The first kappa shape index (κ1) is 14.5. The molecule has 0 aromatic heterocycles. The average molecular weight is 375 g/mol. The van der Waals surface area contributed by atoms with E-state index in [1.807, 2.05) is 0 Å². The molecule has 6 heteroatoms. The summed E-state index contributed by atoms with van der Waals surface area (Å²) in [6, 6.07) is 5.16. The lowest BCUT2D eigenvalue weighted by Crippen LogP contribution is -2.35. The molecule has 0 aliphatic heterocycles. The normalized spacial score (nSPS) is 17.4. The maximum atomic E-state index is 10.7. The standard InChI is InChI=1S/C13H18IN3O2/c14-11-7-10(17(18)19)5-6-12(11)16-13(8-15)9-3-1-2-4-9/h5-7,9,13,16H,1-4,8,15H2. The van der Waals surface area contributed by atoms with Gasteiger partial charge in [0.25, 0.3) is 5.69 Å². The van der Waals surface area contributed by atoms with Crippen LogP contribution in [0.2, 0.25) is 0 Å². The van der Waals surface area contributed by atoms with Gasteiger partial charge >= 0.3 is 0 Å². The van der Waals surface area contributed by atoms with Crippen LogP contribution in [0.15, 0.2) is 18.2 Å². The molecular formula is C13H18IN3O2. The van der Waals surface area contributed by atoms with Gasteiger partial charge in [-0.05, 0) is 47.4 Å². The molecule has 0 amide bonds. The summed E-state index contributed by atoms with van der Waals surface area (Å²) >= 11 is 2.12. The van der Waals surface area contributed by atoms with Crippen LogP contribution < -0.4 is 11.1 Å². The van der Waals surface area contributed by atoms with Crippen molar-refractivity contribution in [2.24, 2.45) is 11.7 Å². The summed E-state index contributed by atoms with van der Waals surface area (Å²) in [6.45, 7) is 0.595. The molecule has 0 saturated heterocycles. The number of hydrogen-bond acceptors (Lipinski definition) is 4. The largest absolute Gasteiger partial charge is 0.380 e. The molecule has 0 heterocycles. The lowest BCUT2D eigenvalue weighted by molar-refractivity contribution is -0.384. The highest BCUT2D eigenvalue weighted by atomic mass is 127. The minimum absolute atomic E-state index is 0.125. The first-order valence-corrected chi connectivity index (χ1v) is 7.60. The summed E-state index contributed by atoms with van der Waals surface area (Å²) in [4.78, 5) is 10.3. The number of anilines is 1. The second-order valence-electron chi connectivity index (χ2n) is 4.95. The van der Waals surface area contributed by atoms with Gasteiger partial charge in [0.2, 0.25) is 0 Å². The van der Waals surface area contributed by atoms with Gasteiger partial charge in [0, 0.05) is 34.0 Å². The van der Waals surface area contributed by atoms with Crippen molar-refractivity contribution in [2.75, 3.05) is 11.9 Å². The Morgan fingerprint density at radius 1 is 1.47 bits per heavy atom. The number of halogens is 1. The van der Waals surface area contributed by atoms with E-state index in [-0.39, 0.29) is 16.7 Å². The Hall–Kier alpha value is -0.890. The summed E-state index contributed by atoms with van der Waals surface area (Å²) in [5.41, 5.74) is 6.92. The lowest BCUT2D eigenvalue weighted by Gasteiger charge is -2.24. The molecule has 1 saturated carbocycles. The Morgan fingerprint density at radius 3 is 2.68 bits per heavy atom. The lowest BCUT2D eigenvalue weighted by atomic mass is 9.98. The summed E-state index contributed by atoms with van der Waals surface area (Å²) in [5, 5.41) is 14.2. The predicted octanol–water partition coefficient (Wildman–Crippen LogP) is 3.13. The Balaban J connectivity index is 2.10. The first-order chi connectivity index (χ1) is 9.11. The van der Waals surface area contributed by atoms with Crippen molar-refractivity contribution < 1.29 is 4.92 Å². The zero-order chi connectivity index (χ0) is 13.8. The Bertz CT molecular complexity index is 461. The van der Waals surface area contributed by atoms with Crippen LogP contribution in [0.4, 0.5) is 11.4 Å². The molecule has 2 rings (SSSR count). The number of nitrogens with zero attached hydrogens (tertiary/aromatic N) is 1. The van der Waals surface area contributed by atoms with Crippen molar-refractivity contribution >= 4 is 34.0 Å². The van der Waals surface area contributed by atoms with E-state index >= 15 is 0 Å². The van der Waals surface area contributed by atoms with Crippen molar-refractivity contribution in [1.82, 2.24) is 0 Å². The third-order valence-electron chi connectivity index (χ3n) is 3.73. The van der Waals surface area contributed by atoms with E-state index in [2.05, 4.69) is 27.9 Å². The van der Waals surface area contributed by atoms with Crippen molar-refractivity contribution in [2.45, 2.75) is 31.7 Å². The van der Waals surface area contributed by atoms with Gasteiger partial charge in [0.05, 0.1) is 4.92 Å². The summed E-state index contributed by atoms with van der Waals surface area (Å²) < 4.78 is 0.864. The highest BCUT2D eigenvalue weighted by Gasteiger charge is 2.24. The van der Waals surface area contributed by atoms with Crippen LogP contribution in [0.5, 0.6) is 0 Å². The van der Waals surface area contributed by atoms with Gasteiger partial charge in [0.15, 0.2) is 0 Å². The molecule has 1 fully saturated rings. The van der Waals surface area contributed by atoms with Gasteiger partial charge in [-0.3, -0.25) is 10.1 Å². The quantitative estimate of drug-likeness (QED) is 0.471. The van der Waals surface area contributed by atoms with Gasteiger partial charge in [0.1, 0.15) is 0 Å². The fourth-order valence-electron chi connectivity index (χ4n) is 2.66. The fourth-order valence-corrected chi connectivity index (χ4v) is 3.32. The van der Waals surface area contributed by atoms with E-state index in [0.717, 1.165) is 9.26 Å². The topological polar surface area (TPSA) is 81.2 Å². The third kappa shape index (κ3) is 3.56. The van der Waals surface area contributed by atoms with Crippen molar-refractivity contribution in [3.8, 4) is 0 Å². The van der Waals surface area contributed by atoms with Gasteiger partial charge < -0.3 is 11.1 Å². The van der Waals surface area contributed by atoms with Crippen LogP contribution in [0.3, 0.4) is 0 Å². The van der Waals surface area contributed by atoms with Crippen LogP contribution in [-0.4, -0.2) is 17.5 Å². The minimum Gasteiger partial charge on any atom is -0.380 e. The minimum atomic E-state index is -0.372. The zero-order valence-electron chi connectivity index (χ0n) is 10.6. The van der Waals surface area contributed by atoms with Gasteiger partial charge in [-0.15, -0.1) is 0 Å². The Morgan fingerprint density at radius 2 is 2.16 bits per heavy atom. The maximum absolute atomic E-state index is 10.7. The second-order valence-corrected chi connectivity index (χ2v) is 6.11. The van der Waals surface area contributed by atoms with Gasteiger partial charge in [-0.25, -0.2) is 0 Å². The molecule has 1 atom stereocenters. The summed E-state index contributed by atoms with van der Waals surface area (Å²) in [6.07, 6.45) is 5.00. The number of nitro groups is 1. The Labute approximate surface area is 126 Å². The smallest absolute Gasteiger partial charge is 0.270 e. The van der Waals surface area contributed by atoms with Crippen LogP contribution in [0.1, 0.15) is 25.7 Å². The van der Waals surface area contributed by atoms with Crippen LogP contribution in [0.25, 0.3) is 0 Å². The highest BCUT2D eigenvalue weighted by Crippen LogP contribution is 2.31. The zero-order valence-corrected chi connectivity index (χ0v) is 12.8. The second kappa shape index (κ2) is 6.51. The van der Waals surface area contributed by atoms with Crippen molar-refractivity contribution in [1.29, 1.82) is 0 Å². The van der Waals surface area contributed by atoms with E-state index in [1.165, 1.54) is 31.7 Å². The molecule has 1 unspecified atom stereocenters. The van der Waals surface area contributed by atoms with Gasteiger partial charge in [-0.1, -0.05) is 12.8 Å². The van der Waals surface area contributed by atoms with Crippen LogP contribution in [0, 0.1) is 19.6 Å². The summed E-state index contributed by atoms with van der Waals surface area (Å²) in [5.74, 6) is 0.621. The molecule has 19 heavy (non-hydrogen) atoms. The first-order valence-electron chi connectivity index (χ1n) is 6.52. The van der Waals surface area contributed by atoms with E-state index in [1.54, 1.807) is 12.1 Å². The fraction of sp³-hybridized carbons (Fsp3) is 0.538. The number of rotatable bonds is 5. The van der Waals surface area contributed by atoms with Crippen LogP contribution >= 0.6 is 22.6 Å². The average Bonchev–Trinajstić information content (AvgIpc) is 2.91.